The van der Waals surface area contributed by atoms with Crippen LogP contribution in [0.3, 0.4) is 0 Å². The van der Waals surface area contributed by atoms with Gasteiger partial charge in [-0.05, 0) is 44.6 Å². The van der Waals surface area contributed by atoms with E-state index in [1.54, 1.807) is 7.11 Å². The molecule has 1 saturated carbocycles. The maximum absolute atomic E-state index is 5.36. The summed E-state index contributed by atoms with van der Waals surface area (Å²) >= 11 is 0. The highest BCUT2D eigenvalue weighted by atomic mass is 16.5. The van der Waals surface area contributed by atoms with Gasteiger partial charge in [0.2, 0.25) is 0 Å². The summed E-state index contributed by atoms with van der Waals surface area (Å²) in [5.74, 6) is 0.939. The molecule has 0 radical (unpaired) electrons. The third-order valence-electron chi connectivity index (χ3n) is 2.70. The zero-order chi connectivity index (χ0) is 11.5. The Labute approximate surface area is 97.4 Å². The van der Waals surface area contributed by atoms with Crippen LogP contribution in [-0.4, -0.2) is 32.1 Å². The number of anilines is 1. The van der Waals surface area contributed by atoms with Gasteiger partial charge in [0.15, 0.2) is 0 Å². The van der Waals surface area contributed by atoms with Crippen molar-refractivity contribution in [2.24, 2.45) is 0 Å². The lowest BCUT2D eigenvalue weighted by molar-refractivity contribution is 0.400. The van der Waals surface area contributed by atoms with Gasteiger partial charge in [0, 0.05) is 12.6 Å². The van der Waals surface area contributed by atoms with Crippen LogP contribution in [0.15, 0.2) is 18.2 Å². The number of nitrogens with zero attached hydrogens (tertiary/aromatic N) is 1. The first-order valence-electron chi connectivity index (χ1n) is 5.77. The van der Waals surface area contributed by atoms with Gasteiger partial charge in [-0.15, -0.1) is 0 Å². The molecule has 0 saturated heterocycles. The fourth-order valence-electron chi connectivity index (χ4n) is 1.78. The molecule has 0 unspecified atom stereocenters. The van der Waals surface area contributed by atoms with Gasteiger partial charge in [-0.1, -0.05) is 6.07 Å². The number of rotatable bonds is 5. The van der Waals surface area contributed by atoms with Gasteiger partial charge in [0.05, 0.1) is 12.8 Å². The molecule has 3 heteroatoms. The van der Waals surface area contributed by atoms with Crippen LogP contribution in [0.2, 0.25) is 0 Å². The average Bonchev–Trinajstić information content (AvgIpc) is 3.01. The second kappa shape index (κ2) is 4.74. The smallest absolute Gasteiger partial charge is 0.141 e. The van der Waals surface area contributed by atoms with Crippen molar-refractivity contribution in [3.05, 3.63) is 23.8 Å². The summed E-state index contributed by atoms with van der Waals surface area (Å²) in [6, 6.07) is 7.01. The van der Waals surface area contributed by atoms with E-state index in [-0.39, 0.29) is 0 Å². The number of methoxy groups -OCH3 is 1. The minimum Gasteiger partial charge on any atom is -0.495 e. The van der Waals surface area contributed by atoms with E-state index in [4.69, 9.17) is 4.74 Å². The van der Waals surface area contributed by atoms with E-state index in [1.165, 1.54) is 18.4 Å². The molecule has 1 aromatic rings. The molecule has 0 aliphatic heterocycles. The largest absolute Gasteiger partial charge is 0.495 e. The molecule has 1 aromatic carbocycles. The number of ether oxygens (including phenoxy) is 1. The Hall–Kier alpha value is -1.22. The summed E-state index contributed by atoms with van der Waals surface area (Å²) in [6.45, 7) is 0.962. The molecule has 0 amide bonds. The number of hydrogen-bond donors (Lipinski definition) is 1. The van der Waals surface area contributed by atoms with Crippen molar-refractivity contribution in [3.63, 3.8) is 0 Å². The molecule has 88 valence electrons. The zero-order valence-electron chi connectivity index (χ0n) is 10.3. The summed E-state index contributed by atoms with van der Waals surface area (Å²) in [4.78, 5) is 2.17. The molecule has 16 heavy (non-hydrogen) atoms. The Morgan fingerprint density at radius 2 is 2.12 bits per heavy atom. The van der Waals surface area contributed by atoms with Gasteiger partial charge < -0.3 is 15.0 Å². The summed E-state index contributed by atoms with van der Waals surface area (Å²) < 4.78 is 5.36. The maximum atomic E-state index is 5.36. The summed E-state index contributed by atoms with van der Waals surface area (Å²) in [5.41, 5.74) is 2.44. The zero-order valence-corrected chi connectivity index (χ0v) is 10.3. The molecule has 0 bridgehead atoms. The average molecular weight is 220 g/mol. The van der Waals surface area contributed by atoms with E-state index < -0.39 is 0 Å². The lowest BCUT2D eigenvalue weighted by Crippen LogP contribution is -2.11. The fourth-order valence-corrected chi connectivity index (χ4v) is 1.78. The van der Waals surface area contributed by atoms with E-state index in [0.717, 1.165) is 18.0 Å². The minimum absolute atomic E-state index is 0.656. The second-order valence-corrected chi connectivity index (χ2v) is 4.69. The SMILES string of the molecule is COc1ccc(CN(C)C)cc1NC1CC1. The molecular weight excluding hydrogens is 200 g/mol. The molecule has 0 aromatic heterocycles. The Kier molecular flexibility index (Phi) is 3.34. The van der Waals surface area contributed by atoms with Gasteiger partial charge in [0.25, 0.3) is 0 Å². The van der Waals surface area contributed by atoms with Gasteiger partial charge in [-0.3, -0.25) is 0 Å². The molecule has 3 nitrogen and oxygen atoms in total. The Morgan fingerprint density at radius 1 is 1.38 bits per heavy atom. The van der Waals surface area contributed by atoms with Crippen molar-refractivity contribution in [2.75, 3.05) is 26.5 Å². The van der Waals surface area contributed by atoms with Crippen LogP contribution in [0.25, 0.3) is 0 Å². The van der Waals surface area contributed by atoms with Crippen LogP contribution < -0.4 is 10.1 Å². The van der Waals surface area contributed by atoms with Gasteiger partial charge in [0.1, 0.15) is 5.75 Å². The highest BCUT2D eigenvalue weighted by molar-refractivity contribution is 5.59. The van der Waals surface area contributed by atoms with Crippen LogP contribution >= 0.6 is 0 Å². The molecule has 1 fully saturated rings. The van der Waals surface area contributed by atoms with E-state index in [1.807, 2.05) is 6.07 Å². The maximum Gasteiger partial charge on any atom is 0.141 e. The third kappa shape index (κ3) is 2.89. The number of hydrogen-bond acceptors (Lipinski definition) is 3. The van der Waals surface area contributed by atoms with Crippen molar-refractivity contribution >= 4 is 5.69 Å². The first-order chi connectivity index (χ1) is 7.69. The summed E-state index contributed by atoms with van der Waals surface area (Å²) in [6.07, 6.45) is 2.56. The monoisotopic (exact) mass is 220 g/mol. The highest BCUT2D eigenvalue weighted by Crippen LogP contribution is 2.31. The molecule has 1 aliphatic carbocycles. The Bertz CT molecular complexity index is 359. The van der Waals surface area contributed by atoms with Gasteiger partial charge in [-0.25, -0.2) is 0 Å². The van der Waals surface area contributed by atoms with Crippen molar-refractivity contribution in [1.82, 2.24) is 4.90 Å². The van der Waals surface area contributed by atoms with Crippen LogP contribution in [0, 0.1) is 0 Å². The predicted molar refractivity (Wildman–Crippen MR) is 67.0 cm³/mol. The minimum atomic E-state index is 0.656. The third-order valence-corrected chi connectivity index (χ3v) is 2.70. The van der Waals surface area contributed by atoms with Crippen LogP contribution in [-0.2, 0) is 6.54 Å². The van der Waals surface area contributed by atoms with E-state index in [0.29, 0.717) is 6.04 Å². The van der Waals surface area contributed by atoms with Crippen molar-refractivity contribution in [3.8, 4) is 5.75 Å². The van der Waals surface area contributed by atoms with Gasteiger partial charge in [-0.2, -0.15) is 0 Å². The summed E-state index contributed by atoms with van der Waals surface area (Å²) in [5, 5.41) is 3.51. The predicted octanol–water partition coefficient (Wildman–Crippen LogP) is 2.33. The van der Waals surface area contributed by atoms with Crippen LogP contribution in [0.4, 0.5) is 5.69 Å². The summed E-state index contributed by atoms with van der Waals surface area (Å²) in [7, 11) is 5.88. The highest BCUT2D eigenvalue weighted by Gasteiger charge is 2.22. The van der Waals surface area contributed by atoms with Crippen molar-refractivity contribution < 1.29 is 4.74 Å². The van der Waals surface area contributed by atoms with Crippen LogP contribution in [0.5, 0.6) is 5.75 Å². The molecule has 0 spiro atoms. The standard InChI is InChI=1S/C13H20N2O/c1-15(2)9-10-4-7-13(16-3)12(8-10)14-11-5-6-11/h4,7-8,11,14H,5-6,9H2,1-3H3. The number of benzene rings is 1. The fraction of sp³-hybridized carbons (Fsp3) is 0.538. The van der Waals surface area contributed by atoms with E-state index in [9.17, 15) is 0 Å². The van der Waals surface area contributed by atoms with Crippen molar-refractivity contribution in [1.29, 1.82) is 0 Å². The quantitative estimate of drug-likeness (QED) is 0.824. The molecule has 0 heterocycles. The lowest BCUT2D eigenvalue weighted by Gasteiger charge is -2.14. The number of nitrogens with one attached hydrogen (secondary N) is 1. The van der Waals surface area contributed by atoms with Gasteiger partial charge >= 0.3 is 0 Å². The normalized spacial score (nSPS) is 15.2. The molecular formula is C13H20N2O. The van der Waals surface area contributed by atoms with E-state index in [2.05, 4.69) is 36.4 Å². The Morgan fingerprint density at radius 3 is 2.69 bits per heavy atom. The molecule has 0 atom stereocenters. The Balaban J connectivity index is 2.15. The first-order valence-corrected chi connectivity index (χ1v) is 5.77. The lowest BCUT2D eigenvalue weighted by atomic mass is 10.1. The second-order valence-electron chi connectivity index (χ2n) is 4.69. The first kappa shape index (κ1) is 11.3. The molecule has 1 N–H and O–H groups in total. The molecule has 2 rings (SSSR count). The van der Waals surface area contributed by atoms with Crippen LogP contribution in [0.1, 0.15) is 18.4 Å². The molecule has 1 aliphatic rings. The van der Waals surface area contributed by atoms with E-state index >= 15 is 0 Å². The van der Waals surface area contributed by atoms with Crippen molar-refractivity contribution in [2.45, 2.75) is 25.4 Å². The topological polar surface area (TPSA) is 24.5 Å².